The van der Waals surface area contributed by atoms with E-state index in [0.717, 1.165) is 4.90 Å². The molecule has 0 aromatic carbocycles. The molecule has 1 amide bonds. The Balaban J connectivity index is 2.85. The van der Waals surface area contributed by atoms with Crippen molar-refractivity contribution in [3.63, 3.8) is 0 Å². The molecular formula is C12H19NO6. The van der Waals surface area contributed by atoms with E-state index in [0.29, 0.717) is 0 Å². The Morgan fingerprint density at radius 2 is 1.89 bits per heavy atom. The van der Waals surface area contributed by atoms with Gasteiger partial charge >= 0.3 is 12.1 Å². The first-order valence-corrected chi connectivity index (χ1v) is 6.01. The van der Waals surface area contributed by atoms with E-state index in [9.17, 15) is 14.4 Å². The highest BCUT2D eigenvalue weighted by Crippen LogP contribution is 2.26. The van der Waals surface area contributed by atoms with Gasteiger partial charge in [0.1, 0.15) is 12.2 Å². The Morgan fingerprint density at radius 1 is 1.32 bits per heavy atom. The van der Waals surface area contributed by atoms with Crippen LogP contribution in [-0.4, -0.2) is 57.8 Å². The third-order valence-corrected chi connectivity index (χ3v) is 2.81. The number of aliphatic hydroxyl groups is 1. The van der Waals surface area contributed by atoms with Crippen LogP contribution in [-0.2, 0) is 14.3 Å². The normalized spacial score (nSPS) is 23.3. The van der Waals surface area contributed by atoms with E-state index in [2.05, 4.69) is 0 Å². The second kappa shape index (κ2) is 5.56. The van der Waals surface area contributed by atoms with Gasteiger partial charge in [0, 0.05) is 6.54 Å². The predicted molar refractivity (Wildman–Crippen MR) is 64.6 cm³/mol. The third-order valence-electron chi connectivity index (χ3n) is 2.81. The first kappa shape index (κ1) is 15.4. The van der Waals surface area contributed by atoms with Crippen molar-refractivity contribution in [3.05, 3.63) is 0 Å². The fraction of sp³-hybridized carbons (Fsp3) is 0.750. The molecule has 1 saturated heterocycles. The summed E-state index contributed by atoms with van der Waals surface area (Å²) in [6.45, 7) is 4.23. The maximum Gasteiger partial charge on any atom is 0.410 e. The molecule has 0 radical (unpaired) electrons. The van der Waals surface area contributed by atoms with Crippen molar-refractivity contribution in [2.45, 2.75) is 38.8 Å². The molecule has 1 rings (SSSR count). The number of hydrogen-bond donors (Lipinski definition) is 2. The van der Waals surface area contributed by atoms with Crippen molar-refractivity contribution >= 4 is 17.8 Å². The Bertz CT molecular complexity index is 386. The van der Waals surface area contributed by atoms with Gasteiger partial charge in [-0.15, -0.1) is 0 Å². The lowest BCUT2D eigenvalue weighted by atomic mass is 10.0. The zero-order chi connectivity index (χ0) is 14.8. The van der Waals surface area contributed by atoms with Crippen LogP contribution in [0.3, 0.4) is 0 Å². The van der Waals surface area contributed by atoms with E-state index in [1.54, 1.807) is 20.8 Å². The summed E-state index contributed by atoms with van der Waals surface area (Å²) in [5.41, 5.74) is -0.731. The average molecular weight is 273 g/mol. The minimum absolute atomic E-state index is 0.00791. The van der Waals surface area contributed by atoms with E-state index >= 15 is 0 Å². The maximum absolute atomic E-state index is 11.9. The molecule has 2 N–H and O–H groups in total. The number of likely N-dealkylation sites (tertiary alicyclic amines) is 1. The van der Waals surface area contributed by atoms with Crippen molar-refractivity contribution in [1.29, 1.82) is 0 Å². The van der Waals surface area contributed by atoms with Crippen LogP contribution in [0.4, 0.5) is 4.79 Å². The van der Waals surface area contributed by atoms with Gasteiger partial charge in [-0.1, -0.05) is 0 Å². The first-order chi connectivity index (χ1) is 8.65. The van der Waals surface area contributed by atoms with E-state index in [4.69, 9.17) is 14.9 Å². The monoisotopic (exact) mass is 273 g/mol. The molecule has 1 aliphatic rings. The van der Waals surface area contributed by atoms with E-state index in [1.807, 2.05) is 0 Å². The molecule has 0 aromatic rings. The summed E-state index contributed by atoms with van der Waals surface area (Å²) in [5.74, 6) is -2.45. The molecule has 0 saturated carbocycles. The van der Waals surface area contributed by atoms with Gasteiger partial charge < -0.3 is 14.9 Å². The molecule has 108 valence electrons. The fourth-order valence-corrected chi connectivity index (χ4v) is 1.95. The van der Waals surface area contributed by atoms with Gasteiger partial charge in [-0.2, -0.15) is 0 Å². The van der Waals surface area contributed by atoms with Crippen LogP contribution in [0.15, 0.2) is 0 Å². The highest BCUT2D eigenvalue weighted by molar-refractivity contribution is 5.90. The smallest absolute Gasteiger partial charge is 0.410 e. The number of carboxylic acids is 1. The number of carboxylic acid groups (broad SMARTS) is 1. The van der Waals surface area contributed by atoms with Crippen LogP contribution in [0, 0.1) is 5.92 Å². The number of carbonyl (C=O) groups excluding carboxylic acids is 2. The Hall–Kier alpha value is -1.63. The van der Waals surface area contributed by atoms with Gasteiger partial charge in [-0.3, -0.25) is 14.5 Å². The molecule has 19 heavy (non-hydrogen) atoms. The molecule has 0 aliphatic carbocycles. The summed E-state index contributed by atoms with van der Waals surface area (Å²) in [6.07, 6.45) is -0.725. The third kappa shape index (κ3) is 3.92. The number of aliphatic carboxylic acids is 1. The molecular weight excluding hydrogens is 254 g/mol. The summed E-state index contributed by atoms with van der Waals surface area (Å²) < 4.78 is 5.13. The number of rotatable bonds is 3. The molecule has 0 unspecified atom stereocenters. The lowest BCUT2D eigenvalue weighted by Crippen LogP contribution is -2.44. The summed E-state index contributed by atoms with van der Waals surface area (Å²) in [4.78, 5) is 35.6. The maximum atomic E-state index is 11.9. The van der Waals surface area contributed by atoms with Gasteiger partial charge in [0.15, 0.2) is 5.78 Å². The van der Waals surface area contributed by atoms with Crippen molar-refractivity contribution in [2.75, 3.05) is 13.2 Å². The van der Waals surface area contributed by atoms with Crippen molar-refractivity contribution < 1.29 is 29.3 Å². The van der Waals surface area contributed by atoms with Crippen LogP contribution < -0.4 is 0 Å². The highest BCUT2D eigenvalue weighted by atomic mass is 16.6. The van der Waals surface area contributed by atoms with Crippen molar-refractivity contribution in [3.8, 4) is 0 Å². The van der Waals surface area contributed by atoms with E-state index in [-0.39, 0.29) is 13.0 Å². The number of Topliss-reactive ketones (excluding diaryl/α,β-unsaturated/α-hetero) is 1. The van der Waals surface area contributed by atoms with E-state index in [1.165, 1.54) is 0 Å². The van der Waals surface area contributed by atoms with Crippen LogP contribution in [0.1, 0.15) is 27.2 Å². The van der Waals surface area contributed by atoms with Crippen molar-refractivity contribution in [1.82, 2.24) is 4.90 Å². The predicted octanol–water partition coefficient (Wildman–Crippen LogP) is 0.258. The lowest BCUT2D eigenvalue weighted by molar-refractivity contribution is -0.141. The molecule has 0 bridgehead atoms. The zero-order valence-corrected chi connectivity index (χ0v) is 11.3. The second-order valence-electron chi connectivity index (χ2n) is 5.54. The Labute approximate surface area is 111 Å². The zero-order valence-electron chi connectivity index (χ0n) is 11.3. The molecule has 7 heteroatoms. The summed E-state index contributed by atoms with van der Waals surface area (Å²) in [5, 5.41) is 17.8. The lowest BCUT2D eigenvalue weighted by Gasteiger charge is -2.27. The van der Waals surface area contributed by atoms with Gasteiger partial charge in [0.25, 0.3) is 0 Å². The molecule has 2 atom stereocenters. The second-order valence-corrected chi connectivity index (χ2v) is 5.54. The van der Waals surface area contributed by atoms with E-state index < -0.39 is 42.0 Å². The van der Waals surface area contributed by atoms with Crippen molar-refractivity contribution in [2.24, 2.45) is 5.92 Å². The van der Waals surface area contributed by atoms with Crippen LogP contribution in [0.5, 0.6) is 0 Å². The molecule has 1 heterocycles. The SMILES string of the molecule is CC(C)(C)OC(=O)N1C[C@@H](C(=O)O)C[C@H]1C(=O)CO. The number of ether oxygens (including phenoxy) is 1. The largest absolute Gasteiger partial charge is 0.481 e. The fourth-order valence-electron chi connectivity index (χ4n) is 1.95. The van der Waals surface area contributed by atoms with Crippen LogP contribution in [0.25, 0.3) is 0 Å². The number of hydrogen-bond acceptors (Lipinski definition) is 5. The number of nitrogens with zero attached hydrogens (tertiary/aromatic N) is 1. The molecule has 1 aliphatic heterocycles. The van der Waals surface area contributed by atoms with Crippen LogP contribution in [0.2, 0.25) is 0 Å². The van der Waals surface area contributed by atoms with Crippen LogP contribution >= 0.6 is 0 Å². The topological polar surface area (TPSA) is 104 Å². The minimum Gasteiger partial charge on any atom is -0.481 e. The molecule has 1 fully saturated rings. The summed E-state index contributed by atoms with van der Waals surface area (Å²) in [6, 6.07) is -0.930. The molecule has 7 nitrogen and oxygen atoms in total. The summed E-state index contributed by atoms with van der Waals surface area (Å²) >= 11 is 0. The number of ketones is 1. The number of aliphatic hydroxyl groups excluding tert-OH is 1. The minimum atomic E-state index is -1.07. The van der Waals surface area contributed by atoms with Gasteiger partial charge in [-0.25, -0.2) is 4.79 Å². The number of carbonyl (C=O) groups is 3. The first-order valence-electron chi connectivity index (χ1n) is 6.01. The Morgan fingerprint density at radius 3 is 2.32 bits per heavy atom. The number of amides is 1. The molecule has 0 aromatic heterocycles. The Kier molecular flexibility index (Phi) is 4.52. The summed E-state index contributed by atoms with van der Waals surface area (Å²) in [7, 11) is 0. The highest BCUT2D eigenvalue weighted by Gasteiger charge is 2.43. The quantitative estimate of drug-likeness (QED) is 0.764. The standard InChI is InChI=1S/C12H19NO6/c1-12(2,3)19-11(18)13-5-7(10(16)17)4-8(13)9(15)6-14/h7-8,14H,4-6H2,1-3H3,(H,16,17)/t7-,8-/m0/s1. The molecule has 0 spiro atoms. The van der Waals surface area contributed by atoms with Gasteiger partial charge in [0.05, 0.1) is 12.0 Å². The van der Waals surface area contributed by atoms with Gasteiger partial charge in [0.2, 0.25) is 0 Å². The average Bonchev–Trinajstić information content (AvgIpc) is 2.70. The van der Waals surface area contributed by atoms with Gasteiger partial charge in [-0.05, 0) is 27.2 Å².